The van der Waals surface area contributed by atoms with Crippen molar-refractivity contribution in [2.75, 3.05) is 7.11 Å². The number of nitrogens with zero attached hydrogens (tertiary/aromatic N) is 3. The zero-order valence-electron chi connectivity index (χ0n) is 8.74. The molecule has 0 radical (unpaired) electrons. The first-order valence-corrected chi connectivity index (χ1v) is 4.70. The maximum absolute atomic E-state index is 8.50. The molecule has 0 bridgehead atoms. The Bertz CT molecular complexity index is 505. The summed E-state index contributed by atoms with van der Waals surface area (Å²) in [5.74, 6) is 1.31. The first-order valence-electron chi connectivity index (χ1n) is 4.70. The Balaban J connectivity index is 2.45. The molecule has 1 aromatic heterocycles. The lowest BCUT2D eigenvalue weighted by atomic mass is 10.3. The minimum absolute atomic E-state index is 0.552. The average molecular weight is 217 g/mol. The number of ether oxygens (including phenoxy) is 1. The molecule has 2 aromatic rings. The maximum atomic E-state index is 8.50. The summed E-state index contributed by atoms with van der Waals surface area (Å²) in [7, 11) is 1.61. The van der Waals surface area contributed by atoms with Crippen LogP contribution in [0.1, 0.15) is 5.82 Å². The van der Waals surface area contributed by atoms with E-state index in [1.54, 1.807) is 24.1 Å². The summed E-state index contributed by atoms with van der Waals surface area (Å²) < 4.78 is 6.93. The zero-order chi connectivity index (χ0) is 11.4. The second-order valence-electron chi connectivity index (χ2n) is 3.10. The highest BCUT2D eigenvalue weighted by Gasteiger charge is 2.03. The van der Waals surface area contributed by atoms with E-state index in [2.05, 4.69) is 10.1 Å². The highest BCUT2D eigenvalue weighted by atomic mass is 16.5. The van der Waals surface area contributed by atoms with E-state index in [0.717, 1.165) is 11.4 Å². The third-order valence-electron chi connectivity index (χ3n) is 2.17. The Morgan fingerprint density at radius 2 is 2.38 bits per heavy atom. The van der Waals surface area contributed by atoms with Crippen molar-refractivity contribution in [2.24, 2.45) is 5.16 Å². The van der Waals surface area contributed by atoms with Gasteiger partial charge in [0.15, 0.2) is 5.82 Å². The summed E-state index contributed by atoms with van der Waals surface area (Å²) in [5, 5.41) is 11.5. The number of benzene rings is 1. The molecule has 82 valence electrons. The number of imidazole rings is 1. The van der Waals surface area contributed by atoms with Gasteiger partial charge in [0.25, 0.3) is 0 Å². The van der Waals surface area contributed by atoms with Gasteiger partial charge >= 0.3 is 0 Å². The predicted molar refractivity (Wildman–Crippen MR) is 59.5 cm³/mol. The third-order valence-corrected chi connectivity index (χ3v) is 2.17. The van der Waals surface area contributed by atoms with E-state index in [1.165, 1.54) is 6.21 Å². The Morgan fingerprint density at radius 3 is 3.12 bits per heavy atom. The molecule has 5 nitrogen and oxygen atoms in total. The summed E-state index contributed by atoms with van der Waals surface area (Å²) in [4.78, 5) is 4.05. The Labute approximate surface area is 92.6 Å². The van der Waals surface area contributed by atoms with Gasteiger partial charge < -0.3 is 9.94 Å². The molecule has 0 aliphatic carbocycles. The van der Waals surface area contributed by atoms with E-state index >= 15 is 0 Å². The molecule has 1 aromatic carbocycles. The fraction of sp³-hybridized carbons (Fsp3) is 0.0909. The van der Waals surface area contributed by atoms with Crippen molar-refractivity contribution < 1.29 is 9.94 Å². The van der Waals surface area contributed by atoms with Crippen molar-refractivity contribution in [1.29, 1.82) is 0 Å². The van der Waals surface area contributed by atoms with Gasteiger partial charge in [0.2, 0.25) is 0 Å². The van der Waals surface area contributed by atoms with E-state index in [9.17, 15) is 0 Å². The second kappa shape index (κ2) is 4.48. The van der Waals surface area contributed by atoms with Crippen LogP contribution in [-0.2, 0) is 0 Å². The second-order valence-corrected chi connectivity index (χ2v) is 3.10. The van der Waals surface area contributed by atoms with E-state index in [4.69, 9.17) is 9.94 Å². The quantitative estimate of drug-likeness (QED) is 0.483. The summed E-state index contributed by atoms with van der Waals surface area (Å²) >= 11 is 0. The van der Waals surface area contributed by atoms with Crippen LogP contribution < -0.4 is 4.74 Å². The molecule has 0 saturated heterocycles. The van der Waals surface area contributed by atoms with Gasteiger partial charge in [-0.1, -0.05) is 11.2 Å². The molecular formula is C11H11N3O2. The average Bonchev–Trinajstić information content (AvgIpc) is 2.78. The van der Waals surface area contributed by atoms with E-state index < -0.39 is 0 Å². The van der Waals surface area contributed by atoms with Gasteiger partial charge in [-0.05, 0) is 12.1 Å². The number of aromatic nitrogens is 2. The van der Waals surface area contributed by atoms with Gasteiger partial charge in [-0.25, -0.2) is 4.98 Å². The molecular weight excluding hydrogens is 206 g/mol. The third kappa shape index (κ3) is 1.88. The molecule has 0 atom stereocenters. The Kier molecular flexibility index (Phi) is 2.86. The predicted octanol–water partition coefficient (Wildman–Crippen LogP) is 1.69. The van der Waals surface area contributed by atoms with Crippen LogP contribution in [0, 0.1) is 0 Å². The molecule has 0 unspecified atom stereocenters. The fourth-order valence-electron chi connectivity index (χ4n) is 1.44. The molecule has 0 fully saturated rings. The monoisotopic (exact) mass is 217 g/mol. The van der Waals surface area contributed by atoms with Gasteiger partial charge in [0.1, 0.15) is 12.0 Å². The minimum Gasteiger partial charge on any atom is -0.497 e. The van der Waals surface area contributed by atoms with Crippen LogP contribution in [0.4, 0.5) is 0 Å². The lowest BCUT2D eigenvalue weighted by molar-refractivity contribution is 0.321. The van der Waals surface area contributed by atoms with Crippen LogP contribution in [0.25, 0.3) is 5.69 Å². The molecule has 1 heterocycles. The SMILES string of the molecule is COc1cccc(-n2ccnc2/C=N\O)c1. The van der Waals surface area contributed by atoms with Crippen LogP contribution in [-0.4, -0.2) is 28.1 Å². The van der Waals surface area contributed by atoms with Crippen molar-refractivity contribution in [3.63, 3.8) is 0 Å². The van der Waals surface area contributed by atoms with Crippen LogP contribution in [0.15, 0.2) is 41.8 Å². The number of oxime groups is 1. The largest absolute Gasteiger partial charge is 0.497 e. The normalized spacial score (nSPS) is 10.8. The molecule has 2 rings (SSSR count). The van der Waals surface area contributed by atoms with E-state index in [0.29, 0.717) is 5.82 Å². The number of methoxy groups -OCH3 is 1. The van der Waals surface area contributed by atoms with E-state index in [-0.39, 0.29) is 0 Å². The van der Waals surface area contributed by atoms with Crippen molar-refractivity contribution in [2.45, 2.75) is 0 Å². The highest BCUT2D eigenvalue weighted by molar-refractivity contribution is 5.75. The summed E-state index contributed by atoms with van der Waals surface area (Å²) in [5.41, 5.74) is 0.895. The molecule has 16 heavy (non-hydrogen) atoms. The topological polar surface area (TPSA) is 59.6 Å². The van der Waals surface area contributed by atoms with E-state index in [1.807, 2.05) is 24.3 Å². The first kappa shape index (κ1) is 10.2. The van der Waals surface area contributed by atoms with Crippen molar-refractivity contribution >= 4 is 6.21 Å². The smallest absolute Gasteiger partial charge is 0.159 e. The first-order chi connectivity index (χ1) is 7.85. The van der Waals surface area contributed by atoms with Crippen molar-refractivity contribution in [3.05, 3.63) is 42.5 Å². The number of rotatable bonds is 3. The summed E-state index contributed by atoms with van der Waals surface area (Å²) in [6.07, 6.45) is 4.70. The van der Waals surface area contributed by atoms with Gasteiger partial charge in [0.05, 0.1) is 12.8 Å². The standard InChI is InChI=1S/C11H11N3O2/c1-16-10-4-2-3-9(7-10)14-6-5-12-11(14)8-13-15/h2-8,15H,1H3/b13-8-. The molecule has 1 N–H and O–H groups in total. The summed E-state index contributed by atoms with van der Waals surface area (Å²) in [6, 6.07) is 7.53. The van der Waals surface area contributed by atoms with Gasteiger partial charge in [-0.2, -0.15) is 0 Å². The lowest BCUT2D eigenvalue weighted by Crippen LogP contribution is -1.99. The van der Waals surface area contributed by atoms with Crippen molar-refractivity contribution in [1.82, 2.24) is 9.55 Å². The Morgan fingerprint density at radius 1 is 1.50 bits per heavy atom. The van der Waals surface area contributed by atoms with Crippen LogP contribution in [0.5, 0.6) is 5.75 Å². The maximum Gasteiger partial charge on any atom is 0.159 e. The minimum atomic E-state index is 0.552. The van der Waals surface area contributed by atoms with Gasteiger partial charge in [0, 0.05) is 18.5 Å². The van der Waals surface area contributed by atoms with Crippen LogP contribution in [0.3, 0.4) is 0 Å². The fourth-order valence-corrected chi connectivity index (χ4v) is 1.44. The Hall–Kier alpha value is -2.30. The summed E-state index contributed by atoms with van der Waals surface area (Å²) in [6.45, 7) is 0. The highest BCUT2D eigenvalue weighted by Crippen LogP contribution is 2.17. The van der Waals surface area contributed by atoms with Gasteiger partial charge in [-0.15, -0.1) is 0 Å². The molecule has 5 heteroatoms. The van der Waals surface area contributed by atoms with Gasteiger partial charge in [-0.3, -0.25) is 4.57 Å². The van der Waals surface area contributed by atoms with Crippen molar-refractivity contribution in [3.8, 4) is 11.4 Å². The van der Waals surface area contributed by atoms with Crippen LogP contribution >= 0.6 is 0 Å². The molecule has 0 aliphatic rings. The number of hydrogen-bond acceptors (Lipinski definition) is 4. The molecule has 0 amide bonds. The lowest BCUT2D eigenvalue weighted by Gasteiger charge is -2.06. The zero-order valence-corrected chi connectivity index (χ0v) is 8.74. The molecule has 0 aliphatic heterocycles. The molecule has 0 spiro atoms. The van der Waals surface area contributed by atoms with Crippen LogP contribution in [0.2, 0.25) is 0 Å². The molecule has 0 saturated carbocycles. The number of hydrogen-bond donors (Lipinski definition) is 1.